The van der Waals surface area contributed by atoms with Gasteiger partial charge in [-0.1, -0.05) is 41.5 Å². The minimum atomic E-state index is -0.806. The molecule has 1 rings (SSSR count). The highest BCUT2D eigenvalue weighted by atomic mass is 32.1. The molecule has 158 valence electrons. The van der Waals surface area contributed by atoms with E-state index < -0.39 is 23.4 Å². The molecule has 0 aliphatic rings. The van der Waals surface area contributed by atoms with Gasteiger partial charge in [0.15, 0.2) is 5.13 Å². The number of nitrogens with zero attached hydrogens (tertiary/aromatic N) is 2. The van der Waals surface area contributed by atoms with E-state index in [0.717, 1.165) is 0 Å². The predicted molar refractivity (Wildman–Crippen MR) is 109 cm³/mol. The van der Waals surface area contributed by atoms with Crippen LogP contribution in [0.4, 0.5) is 5.13 Å². The molecule has 0 radical (unpaired) electrons. The van der Waals surface area contributed by atoms with Gasteiger partial charge in [0, 0.05) is 11.6 Å². The molecule has 0 unspecified atom stereocenters. The Kier molecular flexibility index (Phi) is 9.03. The number of hydrogen-bond donors (Lipinski definition) is 3. The van der Waals surface area contributed by atoms with E-state index in [0.29, 0.717) is 29.4 Å². The largest absolute Gasteiger partial charge is 0.343 e. The fourth-order valence-corrected chi connectivity index (χ4v) is 3.60. The number of hydroxylamine groups is 2. The number of hydrogen-bond acceptors (Lipinski definition) is 6. The Morgan fingerprint density at radius 2 is 1.96 bits per heavy atom. The van der Waals surface area contributed by atoms with Crippen LogP contribution in [0.1, 0.15) is 54.4 Å². The Morgan fingerprint density at radius 1 is 1.32 bits per heavy atom. The lowest BCUT2D eigenvalue weighted by Gasteiger charge is -2.34. The summed E-state index contributed by atoms with van der Waals surface area (Å²) in [4.78, 5) is 41.0. The van der Waals surface area contributed by atoms with Crippen LogP contribution in [-0.2, 0) is 14.4 Å². The van der Waals surface area contributed by atoms with Gasteiger partial charge in [-0.05, 0) is 24.2 Å². The summed E-state index contributed by atoms with van der Waals surface area (Å²) < 4.78 is 0. The van der Waals surface area contributed by atoms with Crippen molar-refractivity contribution in [2.75, 3.05) is 5.32 Å². The van der Waals surface area contributed by atoms with Crippen molar-refractivity contribution in [2.24, 2.45) is 17.3 Å². The summed E-state index contributed by atoms with van der Waals surface area (Å²) in [5, 5.41) is 18.3. The Labute approximate surface area is 170 Å². The summed E-state index contributed by atoms with van der Waals surface area (Å²) in [6.45, 7) is 11.3. The second kappa shape index (κ2) is 10.5. The minimum absolute atomic E-state index is 0.169. The first-order chi connectivity index (χ1) is 13.0. The number of nitrogens with one attached hydrogen (secondary N) is 2. The van der Waals surface area contributed by atoms with Gasteiger partial charge >= 0.3 is 0 Å². The number of carbonyl (C=O) groups excluding carboxylic acids is 3. The molecule has 0 spiro atoms. The SMILES string of the molecule is CC[C@@H]([C@H](CC(C)C)C(=O)N[C@H](C(=O)Nc1nccs1)C(C)(C)C)N(O)C=O. The van der Waals surface area contributed by atoms with E-state index in [2.05, 4.69) is 15.6 Å². The van der Waals surface area contributed by atoms with Gasteiger partial charge in [0.05, 0.1) is 12.0 Å². The normalized spacial score (nSPS) is 14.9. The van der Waals surface area contributed by atoms with Gasteiger partial charge < -0.3 is 10.6 Å². The molecular weight excluding hydrogens is 380 g/mol. The van der Waals surface area contributed by atoms with Gasteiger partial charge in [-0.15, -0.1) is 11.3 Å². The van der Waals surface area contributed by atoms with Crippen LogP contribution in [0, 0.1) is 17.3 Å². The minimum Gasteiger partial charge on any atom is -0.343 e. The number of aromatic nitrogens is 1. The molecule has 9 heteroatoms. The van der Waals surface area contributed by atoms with Crippen LogP contribution < -0.4 is 10.6 Å². The standard InChI is InChI=1S/C19H32N4O4S/c1-7-14(23(27)11-24)13(10-12(2)3)16(25)21-15(19(4,5)6)17(26)22-18-20-8-9-28-18/h8-9,11-15,27H,7,10H2,1-6H3,(H,21,25)(H,20,22,26)/t13-,14-,15+/m0/s1. The van der Waals surface area contributed by atoms with Crippen LogP contribution >= 0.6 is 11.3 Å². The summed E-state index contributed by atoms with van der Waals surface area (Å²) in [7, 11) is 0. The van der Waals surface area contributed by atoms with Crippen LogP contribution in [-0.4, -0.2) is 45.6 Å². The third-order valence-electron chi connectivity index (χ3n) is 4.47. The van der Waals surface area contributed by atoms with E-state index >= 15 is 0 Å². The average molecular weight is 413 g/mol. The van der Waals surface area contributed by atoms with Crippen molar-refractivity contribution in [1.29, 1.82) is 0 Å². The fourth-order valence-electron chi connectivity index (χ4n) is 3.07. The van der Waals surface area contributed by atoms with Crippen molar-refractivity contribution in [3.63, 3.8) is 0 Å². The number of amides is 3. The number of thiazole rings is 1. The summed E-state index contributed by atoms with van der Waals surface area (Å²) in [5.41, 5.74) is -0.551. The van der Waals surface area contributed by atoms with E-state index in [1.165, 1.54) is 11.3 Å². The molecular formula is C19H32N4O4S. The van der Waals surface area contributed by atoms with E-state index in [1.807, 2.05) is 34.6 Å². The molecule has 0 fully saturated rings. The zero-order valence-electron chi connectivity index (χ0n) is 17.4. The van der Waals surface area contributed by atoms with E-state index in [-0.39, 0.29) is 17.7 Å². The van der Waals surface area contributed by atoms with E-state index in [9.17, 15) is 19.6 Å². The summed E-state index contributed by atoms with van der Waals surface area (Å²) in [6.07, 6.45) is 2.78. The van der Waals surface area contributed by atoms with Crippen molar-refractivity contribution >= 4 is 34.7 Å². The zero-order chi connectivity index (χ0) is 21.5. The number of rotatable bonds is 10. The van der Waals surface area contributed by atoms with Gasteiger partial charge in [0.2, 0.25) is 18.2 Å². The average Bonchev–Trinajstić information content (AvgIpc) is 3.10. The van der Waals surface area contributed by atoms with Crippen molar-refractivity contribution in [1.82, 2.24) is 15.4 Å². The van der Waals surface area contributed by atoms with Gasteiger partial charge in [0.25, 0.3) is 0 Å². The van der Waals surface area contributed by atoms with E-state index in [1.54, 1.807) is 18.5 Å². The second-order valence-electron chi connectivity index (χ2n) is 8.33. The molecule has 0 saturated heterocycles. The van der Waals surface area contributed by atoms with Crippen molar-refractivity contribution < 1.29 is 19.6 Å². The number of carbonyl (C=O) groups is 3. The molecule has 0 aliphatic heterocycles. The van der Waals surface area contributed by atoms with Crippen molar-refractivity contribution in [2.45, 2.75) is 66.5 Å². The maximum Gasteiger partial charge on any atom is 0.249 e. The molecule has 3 N–H and O–H groups in total. The lowest BCUT2D eigenvalue weighted by molar-refractivity contribution is -0.169. The molecule has 0 saturated carbocycles. The molecule has 0 aliphatic carbocycles. The zero-order valence-corrected chi connectivity index (χ0v) is 18.2. The Bertz CT molecular complexity index is 643. The molecule has 1 heterocycles. The summed E-state index contributed by atoms with van der Waals surface area (Å²) >= 11 is 1.29. The van der Waals surface area contributed by atoms with Crippen LogP contribution in [0.15, 0.2) is 11.6 Å². The van der Waals surface area contributed by atoms with Gasteiger partial charge in [-0.2, -0.15) is 0 Å². The van der Waals surface area contributed by atoms with Crippen LogP contribution in [0.25, 0.3) is 0 Å². The van der Waals surface area contributed by atoms with Crippen LogP contribution in [0.5, 0.6) is 0 Å². The highest BCUT2D eigenvalue weighted by Gasteiger charge is 2.38. The molecule has 0 aromatic carbocycles. The molecule has 28 heavy (non-hydrogen) atoms. The Hall–Kier alpha value is -2.00. The first-order valence-electron chi connectivity index (χ1n) is 9.44. The van der Waals surface area contributed by atoms with Crippen LogP contribution in [0.2, 0.25) is 0 Å². The lowest BCUT2D eigenvalue weighted by Crippen LogP contribution is -2.55. The number of anilines is 1. The smallest absolute Gasteiger partial charge is 0.249 e. The summed E-state index contributed by atoms with van der Waals surface area (Å²) in [6, 6.07) is -1.47. The Morgan fingerprint density at radius 3 is 2.39 bits per heavy atom. The van der Waals surface area contributed by atoms with Crippen LogP contribution in [0.3, 0.4) is 0 Å². The lowest BCUT2D eigenvalue weighted by atomic mass is 9.84. The maximum absolute atomic E-state index is 13.1. The first kappa shape index (κ1) is 24.0. The van der Waals surface area contributed by atoms with Gasteiger partial charge in [0.1, 0.15) is 6.04 Å². The highest BCUT2D eigenvalue weighted by Crippen LogP contribution is 2.25. The third-order valence-corrected chi connectivity index (χ3v) is 5.16. The summed E-state index contributed by atoms with van der Waals surface area (Å²) in [5.74, 6) is -1.20. The predicted octanol–water partition coefficient (Wildman–Crippen LogP) is 2.90. The van der Waals surface area contributed by atoms with Crippen molar-refractivity contribution in [3.8, 4) is 0 Å². The molecule has 1 aromatic rings. The first-order valence-corrected chi connectivity index (χ1v) is 10.3. The van der Waals surface area contributed by atoms with Gasteiger partial charge in [-0.25, -0.2) is 10.0 Å². The van der Waals surface area contributed by atoms with E-state index in [4.69, 9.17) is 0 Å². The highest BCUT2D eigenvalue weighted by molar-refractivity contribution is 7.13. The van der Waals surface area contributed by atoms with Crippen molar-refractivity contribution in [3.05, 3.63) is 11.6 Å². The molecule has 8 nitrogen and oxygen atoms in total. The molecule has 0 bridgehead atoms. The van der Waals surface area contributed by atoms with Gasteiger partial charge in [-0.3, -0.25) is 19.6 Å². The topological polar surface area (TPSA) is 112 Å². The second-order valence-corrected chi connectivity index (χ2v) is 9.23. The maximum atomic E-state index is 13.1. The fraction of sp³-hybridized carbons (Fsp3) is 0.684. The molecule has 1 aromatic heterocycles. The third kappa shape index (κ3) is 6.87. The molecule has 3 atom stereocenters. The molecule has 3 amide bonds. The monoisotopic (exact) mass is 412 g/mol. The quantitative estimate of drug-likeness (QED) is 0.311. The Balaban J connectivity index is 3.06.